The summed E-state index contributed by atoms with van der Waals surface area (Å²) in [5.74, 6) is -0.202. The number of halogens is 3. The van der Waals surface area contributed by atoms with Gasteiger partial charge in [0.2, 0.25) is 6.10 Å². The minimum atomic E-state index is -4.84. The lowest BCUT2D eigenvalue weighted by Gasteiger charge is -2.40. The van der Waals surface area contributed by atoms with E-state index in [9.17, 15) is 22.8 Å². The summed E-state index contributed by atoms with van der Waals surface area (Å²) >= 11 is 0. The van der Waals surface area contributed by atoms with Gasteiger partial charge in [0.05, 0.1) is 17.1 Å². The number of likely N-dealkylation sites (tertiary alicyclic amines) is 1. The SMILES string of the molecule is CC(C)(C)OC(=O)N1CCC(n2nc(-c3ccnc4c3[C@H](C(F)(F)F)OC(=O)N4)c3ccccc32)CC12CC2. The number of rotatable bonds is 2. The third-order valence-electron chi connectivity index (χ3n) is 7.52. The number of pyridine rings is 1. The second kappa shape index (κ2) is 8.59. The zero-order chi connectivity index (χ0) is 27.7. The van der Waals surface area contributed by atoms with Crippen molar-refractivity contribution in [1.82, 2.24) is 19.7 Å². The third-order valence-corrected chi connectivity index (χ3v) is 7.52. The van der Waals surface area contributed by atoms with E-state index in [-0.39, 0.29) is 34.6 Å². The molecule has 1 saturated heterocycles. The predicted octanol–water partition coefficient (Wildman–Crippen LogP) is 6.37. The number of amides is 2. The molecule has 0 bridgehead atoms. The number of alkyl halides is 3. The van der Waals surface area contributed by atoms with Crippen molar-refractivity contribution >= 4 is 28.9 Å². The summed E-state index contributed by atoms with van der Waals surface area (Å²) in [6.07, 6.45) is -4.51. The van der Waals surface area contributed by atoms with Crippen LogP contribution in [0, 0.1) is 0 Å². The summed E-state index contributed by atoms with van der Waals surface area (Å²) in [4.78, 5) is 30.6. The molecule has 6 rings (SSSR count). The molecule has 1 saturated carbocycles. The quantitative estimate of drug-likeness (QED) is 0.403. The molecule has 1 unspecified atom stereocenters. The molecule has 2 aromatic heterocycles. The Morgan fingerprint density at radius 2 is 1.92 bits per heavy atom. The van der Waals surface area contributed by atoms with Gasteiger partial charge in [-0.15, -0.1) is 0 Å². The van der Waals surface area contributed by atoms with Gasteiger partial charge in [-0.3, -0.25) is 10.00 Å². The minimum absolute atomic E-state index is 0.0723. The molecule has 2 amide bonds. The Bertz CT molecular complexity index is 1470. The Kier molecular flexibility index (Phi) is 5.60. The van der Waals surface area contributed by atoms with Crippen LogP contribution in [0.1, 0.15) is 64.2 Å². The van der Waals surface area contributed by atoms with Crippen LogP contribution in [0.15, 0.2) is 36.5 Å². The van der Waals surface area contributed by atoms with E-state index in [1.54, 1.807) is 6.07 Å². The second-order valence-electron chi connectivity index (χ2n) is 11.4. The number of piperidine rings is 1. The number of nitrogens with one attached hydrogen (secondary N) is 1. The Balaban J connectivity index is 1.40. The fourth-order valence-corrected chi connectivity index (χ4v) is 5.73. The topological polar surface area (TPSA) is 98.6 Å². The number of hydrogen-bond acceptors (Lipinski definition) is 6. The van der Waals surface area contributed by atoms with Crippen LogP contribution in [0.4, 0.5) is 28.6 Å². The number of fused-ring (bicyclic) bond motifs is 2. The highest BCUT2D eigenvalue weighted by Crippen LogP contribution is 2.52. The van der Waals surface area contributed by atoms with Crippen LogP contribution in [0.2, 0.25) is 0 Å². The normalized spacial score (nSPS) is 22.3. The van der Waals surface area contributed by atoms with Crippen molar-refractivity contribution in [3.05, 3.63) is 42.1 Å². The number of carbonyl (C=O) groups is 2. The highest BCUT2D eigenvalue weighted by Gasteiger charge is 2.55. The molecule has 3 aliphatic rings. The number of aromatic nitrogens is 3. The molecule has 39 heavy (non-hydrogen) atoms. The van der Waals surface area contributed by atoms with Crippen molar-refractivity contribution < 1.29 is 32.2 Å². The Labute approximate surface area is 222 Å². The fourth-order valence-electron chi connectivity index (χ4n) is 5.73. The third kappa shape index (κ3) is 4.45. The fraction of sp³-hybridized carbons (Fsp3) is 0.481. The zero-order valence-electron chi connectivity index (χ0n) is 21.7. The van der Waals surface area contributed by atoms with E-state index in [1.807, 2.05) is 48.6 Å². The number of benzene rings is 1. The number of cyclic esters (lactones) is 1. The van der Waals surface area contributed by atoms with Crippen molar-refractivity contribution in [3.63, 3.8) is 0 Å². The van der Waals surface area contributed by atoms with E-state index in [1.165, 1.54) is 12.3 Å². The molecular formula is C27H28F3N5O4. The van der Waals surface area contributed by atoms with Gasteiger partial charge in [0.15, 0.2) is 0 Å². The molecule has 9 nitrogen and oxygen atoms in total. The van der Waals surface area contributed by atoms with Crippen LogP contribution in [-0.2, 0) is 9.47 Å². The molecule has 2 aliphatic heterocycles. The molecule has 206 valence electrons. The summed E-state index contributed by atoms with van der Waals surface area (Å²) < 4.78 is 54.2. The van der Waals surface area contributed by atoms with Gasteiger partial charge in [-0.1, -0.05) is 18.2 Å². The molecule has 1 aromatic carbocycles. The van der Waals surface area contributed by atoms with Crippen molar-refractivity contribution in [2.75, 3.05) is 11.9 Å². The van der Waals surface area contributed by atoms with Gasteiger partial charge in [-0.2, -0.15) is 18.3 Å². The molecule has 2 atom stereocenters. The zero-order valence-corrected chi connectivity index (χ0v) is 21.7. The van der Waals surface area contributed by atoms with Crippen LogP contribution >= 0.6 is 0 Å². The summed E-state index contributed by atoms with van der Waals surface area (Å²) in [6, 6.07) is 8.75. The van der Waals surface area contributed by atoms with Crippen molar-refractivity contribution in [2.24, 2.45) is 0 Å². The van der Waals surface area contributed by atoms with Crippen LogP contribution in [0.25, 0.3) is 22.2 Å². The average molecular weight is 544 g/mol. The molecule has 2 fully saturated rings. The molecule has 3 aromatic rings. The van der Waals surface area contributed by atoms with Gasteiger partial charge in [-0.25, -0.2) is 14.6 Å². The predicted molar refractivity (Wildman–Crippen MR) is 135 cm³/mol. The first-order valence-corrected chi connectivity index (χ1v) is 12.9. The van der Waals surface area contributed by atoms with Crippen LogP contribution in [0.3, 0.4) is 0 Å². The van der Waals surface area contributed by atoms with Gasteiger partial charge in [0.25, 0.3) is 0 Å². The summed E-state index contributed by atoms with van der Waals surface area (Å²) in [7, 11) is 0. The van der Waals surface area contributed by atoms with Gasteiger partial charge in [-0.05, 0) is 58.6 Å². The Morgan fingerprint density at radius 3 is 2.62 bits per heavy atom. The van der Waals surface area contributed by atoms with E-state index >= 15 is 0 Å². The van der Waals surface area contributed by atoms with Gasteiger partial charge >= 0.3 is 18.4 Å². The standard InChI is InChI=1S/C27H28F3N5O4/c1-25(2,3)39-24(37)34-13-9-15(14-26(34)10-11-26)35-18-7-5-4-6-16(18)20(33-35)17-8-12-31-22-19(17)21(27(28,29)30)38-23(36)32-22/h4-8,12,15,21H,9-11,13-14H2,1-3H3,(H,31,32,36)/t15?,21-/m1/s1. The molecular weight excluding hydrogens is 515 g/mol. The van der Waals surface area contributed by atoms with Crippen LogP contribution in [-0.4, -0.2) is 55.7 Å². The van der Waals surface area contributed by atoms with Crippen molar-refractivity contribution in [3.8, 4) is 11.3 Å². The summed E-state index contributed by atoms with van der Waals surface area (Å²) in [5, 5.41) is 7.82. The number of para-hydroxylation sites is 1. The van der Waals surface area contributed by atoms with Gasteiger partial charge < -0.3 is 14.4 Å². The Morgan fingerprint density at radius 1 is 1.18 bits per heavy atom. The molecule has 1 spiro atoms. The summed E-state index contributed by atoms with van der Waals surface area (Å²) in [6.45, 7) is 6.01. The number of hydrogen-bond donors (Lipinski definition) is 1. The average Bonchev–Trinajstić information content (AvgIpc) is 3.49. The summed E-state index contributed by atoms with van der Waals surface area (Å²) in [5.41, 5.74) is 0.112. The molecule has 4 heterocycles. The van der Waals surface area contributed by atoms with Gasteiger partial charge in [0, 0.05) is 29.2 Å². The van der Waals surface area contributed by atoms with Crippen molar-refractivity contribution in [1.29, 1.82) is 0 Å². The minimum Gasteiger partial charge on any atom is -0.444 e. The lowest BCUT2D eigenvalue weighted by Crippen LogP contribution is -2.50. The molecule has 1 N–H and O–H groups in total. The maximum atomic E-state index is 14.0. The van der Waals surface area contributed by atoms with Crippen LogP contribution in [0.5, 0.6) is 0 Å². The Hall–Kier alpha value is -3.83. The highest BCUT2D eigenvalue weighted by molar-refractivity contribution is 5.97. The monoisotopic (exact) mass is 543 g/mol. The number of carbonyl (C=O) groups excluding carboxylic acids is 2. The maximum Gasteiger partial charge on any atom is 0.430 e. The van der Waals surface area contributed by atoms with E-state index in [0.29, 0.717) is 30.5 Å². The van der Waals surface area contributed by atoms with E-state index in [0.717, 1.165) is 18.4 Å². The van der Waals surface area contributed by atoms with Crippen molar-refractivity contribution in [2.45, 2.75) is 75.9 Å². The van der Waals surface area contributed by atoms with E-state index in [4.69, 9.17) is 9.84 Å². The largest absolute Gasteiger partial charge is 0.444 e. The second-order valence-corrected chi connectivity index (χ2v) is 11.4. The first kappa shape index (κ1) is 25.4. The molecule has 12 heteroatoms. The number of anilines is 1. The highest BCUT2D eigenvalue weighted by atomic mass is 19.4. The number of nitrogens with zero attached hydrogens (tertiary/aromatic N) is 4. The number of ether oxygens (including phenoxy) is 2. The smallest absolute Gasteiger partial charge is 0.430 e. The lowest BCUT2D eigenvalue weighted by molar-refractivity contribution is -0.206. The van der Waals surface area contributed by atoms with Gasteiger partial charge in [0.1, 0.15) is 17.1 Å². The van der Waals surface area contributed by atoms with Crippen LogP contribution < -0.4 is 5.32 Å². The first-order valence-electron chi connectivity index (χ1n) is 12.9. The van der Waals surface area contributed by atoms with E-state index < -0.39 is 24.0 Å². The van der Waals surface area contributed by atoms with E-state index in [2.05, 4.69) is 15.0 Å². The maximum absolute atomic E-state index is 14.0. The molecule has 0 radical (unpaired) electrons. The molecule has 1 aliphatic carbocycles. The lowest BCUT2D eigenvalue weighted by atomic mass is 9.95. The first-order chi connectivity index (χ1) is 18.4.